The molecule has 0 aliphatic carbocycles. The molecule has 1 aliphatic heterocycles. The van der Waals surface area contributed by atoms with Crippen molar-refractivity contribution < 1.29 is 9.53 Å². The van der Waals surface area contributed by atoms with Gasteiger partial charge in [0.2, 0.25) is 5.88 Å². The molecule has 1 aliphatic rings. The number of thioether (sulfide) groups is 1. The number of pyridine rings is 1. The lowest BCUT2D eigenvalue weighted by Gasteiger charge is -2.12. The van der Waals surface area contributed by atoms with Crippen LogP contribution in [0, 0.1) is 0 Å². The molecule has 1 aromatic carbocycles. The number of hydrogen-bond acceptors (Lipinski definition) is 5. The lowest BCUT2D eigenvalue weighted by atomic mass is 10.2. The van der Waals surface area contributed by atoms with E-state index in [9.17, 15) is 9.59 Å². The van der Waals surface area contributed by atoms with Crippen LogP contribution in [0.3, 0.4) is 0 Å². The summed E-state index contributed by atoms with van der Waals surface area (Å²) in [6, 6.07) is 13.7. The van der Waals surface area contributed by atoms with Crippen molar-refractivity contribution in [3.63, 3.8) is 0 Å². The standard InChI is InChI=1S/C19H18N4O3S/c24-18-11-16(22-23(18)14-4-2-1-3-5-14)21-19(25)13-6-8-20-17(10-13)26-15-7-9-27-12-15/h1-6,8,10-11,15,22H,7,9,12H2,(H,21,25)/t15-/m0/s1. The van der Waals surface area contributed by atoms with Gasteiger partial charge in [0.05, 0.1) is 5.69 Å². The van der Waals surface area contributed by atoms with Gasteiger partial charge in [-0.25, -0.2) is 9.67 Å². The molecule has 4 rings (SSSR count). The Labute approximate surface area is 159 Å². The van der Waals surface area contributed by atoms with E-state index in [1.165, 1.54) is 10.7 Å². The maximum absolute atomic E-state index is 12.5. The number of para-hydroxylation sites is 1. The first-order chi connectivity index (χ1) is 13.2. The van der Waals surface area contributed by atoms with Crippen LogP contribution in [0.1, 0.15) is 16.8 Å². The van der Waals surface area contributed by atoms with E-state index in [1.54, 1.807) is 30.5 Å². The lowest BCUT2D eigenvalue weighted by Crippen LogP contribution is -2.17. The third-order valence-corrected chi connectivity index (χ3v) is 5.29. The SMILES string of the molecule is O=C(Nc1cc(=O)n(-c2ccccc2)[nH]1)c1ccnc(O[C@H]2CCSC2)c1. The van der Waals surface area contributed by atoms with Gasteiger partial charge >= 0.3 is 0 Å². The fourth-order valence-electron chi connectivity index (χ4n) is 2.81. The second-order valence-electron chi connectivity index (χ2n) is 6.12. The van der Waals surface area contributed by atoms with Crippen molar-refractivity contribution in [1.82, 2.24) is 14.8 Å². The number of rotatable bonds is 5. The maximum Gasteiger partial charge on any atom is 0.273 e. The number of ether oxygens (including phenoxy) is 1. The number of nitrogens with zero attached hydrogens (tertiary/aromatic N) is 2. The molecule has 1 amide bonds. The van der Waals surface area contributed by atoms with Crippen LogP contribution in [-0.4, -0.2) is 38.3 Å². The van der Waals surface area contributed by atoms with E-state index in [-0.39, 0.29) is 17.6 Å². The molecule has 27 heavy (non-hydrogen) atoms. The minimum Gasteiger partial charge on any atom is -0.473 e. The number of hydrogen-bond donors (Lipinski definition) is 2. The summed E-state index contributed by atoms with van der Waals surface area (Å²) in [4.78, 5) is 28.9. The molecular weight excluding hydrogens is 364 g/mol. The molecule has 0 bridgehead atoms. The van der Waals surface area contributed by atoms with Crippen molar-refractivity contribution in [2.45, 2.75) is 12.5 Å². The number of aromatic amines is 1. The molecule has 1 saturated heterocycles. The van der Waals surface area contributed by atoms with Crippen molar-refractivity contribution >= 4 is 23.5 Å². The van der Waals surface area contributed by atoms with E-state index in [1.807, 2.05) is 30.0 Å². The van der Waals surface area contributed by atoms with E-state index in [2.05, 4.69) is 15.4 Å². The number of aromatic nitrogens is 3. The molecule has 2 N–H and O–H groups in total. The zero-order valence-corrected chi connectivity index (χ0v) is 15.2. The van der Waals surface area contributed by atoms with Gasteiger partial charge in [-0.15, -0.1) is 0 Å². The average molecular weight is 382 g/mol. The molecule has 1 atom stereocenters. The van der Waals surface area contributed by atoms with Crippen molar-refractivity contribution in [2.75, 3.05) is 16.8 Å². The van der Waals surface area contributed by atoms with Crippen LogP contribution in [0.2, 0.25) is 0 Å². The number of H-pyrrole nitrogens is 1. The molecule has 3 aromatic rings. The molecule has 0 unspecified atom stereocenters. The number of anilines is 1. The summed E-state index contributed by atoms with van der Waals surface area (Å²) < 4.78 is 7.19. The summed E-state index contributed by atoms with van der Waals surface area (Å²) in [6.07, 6.45) is 2.67. The lowest BCUT2D eigenvalue weighted by molar-refractivity contribution is 0.102. The second-order valence-corrected chi connectivity index (χ2v) is 7.27. The molecule has 1 fully saturated rings. The summed E-state index contributed by atoms with van der Waals surface area (Å²) >= 11 is 1.85. The van der Waals surface area contributed by atoms with Gasteiger partial charge in [-0.1, -0.05) is 18.2 Å². The number of carbonyl (C=O) groups is 1. The Hall–Kier alpha value is -3.00. The second kappa shape index (κ2) is 7.71. The fraction of sp³-hybridized carbons (Fsp3) is 0.211. The summed E-state index contributed by atoms with van der Waals surface area (Å²) in [5.41, 5.74) is 0.852. The number of benzene rings is 1. The van der Waals surface area contributed by atoms with Crippen molar-refractivity contribution in [3.05, 3.63) is 70.6 Å². The summed E-state index contributed by atoms with van der Waals surface area (Å²) in [6.45, 7) is 0. The van der Waals surface area contributed by atoms with Crippen molar-refractivity contribution in [1.29, 1.82) is 0 Å². The molecule has 138 valence electrons. The highest BCUT2D eigenvalue weighted by Crippen LogP contribution is 2.22. The molecule has 0 saturated carbocycles. The Bertz CT molecular complexity index is 993. The first-order valence-corrected chi connectivity index (χ1v) is 9.74. The minimum atomic E-state index is -0.343. The Kier molecular flexibility index (Phi) is 4.97. The van der Waals surface area contributed by atoms with E-state index >= 15 is 0 Å². The Morgan fingerprint density at radius 3 is 2.89 bits per heavy atom. The van der Waals surface area contributed by atoms with E-state index in [0.29, 0.717) is 22.9 Å². The van der Waals surface area contributed by atoms with Crippen LogP contribution in [0.15, 0.2) is 59.5 Å². The van der Waals surface area contributed by atoms with Gasteiger partial charge in [-0.2, -0.15) is 11.8 Å². The van der Waals surface area contributed by atoms with Gasteiger partial charge in [0.15, 0.2) is 0 Å². The topological polar surface area (TPSA) is 89.0 Å². The van der Waals surface area contributed by atoms with E-state index < -0.39 is 0 Å². The molecular formula is C19H18N4O3S. The molecule has 0 radical (unpaired) electrons. The fourth-order valence-corrected chi connectivity index (χ4v) is 3.91. The van der Waals surface area contributed by atoms with Crippen molar-refractivity contribution in [3.8, 4) is 11.6 Å². The van der Waals surface area contributed by atoms with Crippen LogP contribution in [0.4, 0.5) is 5.82 Å². The van der Waals surface area contributed by atoms with Gasteiger partial charge in [0.1, 0.15) is 11.9 Å². The molecule has 0 spiro atoms. The predicted octanol–water partition coefficient (Wildman–Crippen LogP) is 2.70. The Morgan fingerprint density at radius 1 is 1.26 bits per heavy atom. The number of carbonyl (C=O) groups excluding carboxylic acids is 1. The van der Waals surface area contributed by atoms with Gasteiger partial charge in [-0.3, -0.25) is 14.7 Å². The Balaban J connectivity index is 1.49. The van der Waals surface area contributed by atoms with Crippen LogP contribution in [0.5, 0.6) is 5.88 Å². The van der Waals surface area contributed by atoms with E-state index in [4.69, 9.17) is 4.74 Å². The Morgan fingerprint density at radius 2 is 2.11 bits per heavy atom. The predicted molar refractivity (Wildman–Crippen MR) is 105 cm³/mol. The summed E-state index contributed by atoms with van der Waals surface area (Å²) in [5, 5.41) is 5.60. The first kappa shape index (κ1) is 17.4. The normalized spacial score (nSPS) is 16.2. The highest BCUT2D eigenvalue weighted by Gasteiger charge is 2.18. The highest BCUT2D eigenvalue weighted by atomic mass is 32.2. The van der Waals surface area contributed by atoms with Gasteiger partial charge in [0, 0.05) is 29.6 Å². The zero-order valence-electron chi connectivity index (χ0n) is 14.4. The van der Waals surface area contributed by atoms with Gasteiger partial charge in [-0.05, 0) is 30.4 Å². The minimum absolute atomic E-state index is 0.136. The third-order valence-electron chi connectivity index (χ3n) is 4.16. The van der Waals surface area contributed by atoms with Crippen LogP contribution in [-0.2, 0) is 0 Å². The van der Waals surface area contributed by atoms with E-state index in [0.717, 1.165) is 17.9 Å². The maximum atomic E-state index is 12.5. The van der Waals surface area contributed by atoms with Crippen LogP contribution < -0.4 is 15.6 Å². The zero-order chi connectivity index (χ0) is 18.6. The smallest absolute Gasteiger partial charge is 0.273 e. The third kappa shape index (κ3) is 4.06. The molecule has 7 nitrogen and oxygen atoms in total. The summed E-state index contributed by atoms with van der Waals surface area (Å²) in [7, 11) is 0. The summed E-state index contributed by atoms with van der Waals surface area (Å²) in [5.74, 6) is 2.43. The largest absolute Gasteiger partial charge is 0.473 e. The first-order valence-electron chi connectivity index (χ1n) is 8.58. The monoisotopic (exact) mass is 382 g/mol. The number of nitrogens with one attached hydrogen (secondary N) is 2. The average Bonchev–Trinajstić information content (AvgIpc) is 3.32. The van der Waals surface area contributed by atoms with Crippen LogP contribution >= 0.6 is 11.8 Å². The van der Waals surface area contributed by atoms with Gasteiger partial charge < -0.3 is 10.1 Å². The van der Waals surface area contributed by atoms with Gasteiger partial charge in [0.25, 0.3) is 11.5 Å². The quantitative estimate of drug-likeness (QED) is 0.708. The highest BCUT2D eigenvalue weighted by molar-refractivity contribution is 7.99. The molecule has 2 aromatic heterocycles. The molecule has 3 heterocycles. The molecule has 8 heteroatoms. The number of amides is 1. The van der Waals surface area contributed by atoms with Crippen LogP contribution in [0.25, 0.3) is 5.69 Å². The van der Waals surface area contributed by atoms with Crippen molar-refractivity contribution in [2.24, 2.45) is 0 Å².